The summed E-state index contributed by atoms with van der Waals surface area (Å²) in [6, 6.07) is 3.48. The van der Waals surface area contributed by atoms with E-state index in [1.54, 1.807) is 6.07 Å². The second-order valence-electron chi connectivity index (χ2n) is 5.78. The van der Waals surface area contributed by atoms with Crippen molar-refractivity contribution in [1.82, 2.24) is 9.55 Å². The maximum absolute atomic E-state index is 13.6. The Morgan fingerprint density at radius 1 is 1.28 bits per heavy atom. The van der Waals surface area contributed by atoms with E-state index in [2.05, 4.69) is 4.98 Å². The minimum Gasteiger partial charge on any atom is -0.269 e. The van der Waals surface area contributed by atoms with E-state index < -0.39 is 57.5 Å². The molecule has 0 aliphatic carbocycles. The summed E-state index contributed by atoms with van der Waals surface area (Å²) in [6.45, 7) is -0.251. The number of nitro benzene ring substituents is 1. The van der Waals surface area contributed by atoms with Gasteiger partial charge in [-0.25, -0.2) is 4.98 Å². The number of aromatic nitrogens is 2. The first-order valence-corrected chi connectivity index (χ1v) is 7.67. The van der Waals surface area contributed by atoms with Crippen molar-refractivity contribution in [2.24, 2.45) is 0 Å². The highest BCUT2D eigenvalue weighted by Gasteiger charge is 2.60. The van der Waals surface area contributed by atoms with Gasteiger partial charge in [-0.1, -0.05) is 0 Å². The van der Waals surface area contributed by atoms with Crippen LogP contribution in [0, 0.1) is 28.4 Å². The topological polar surface area (TPSA) is 102 Å². The molecule has 0 aliphatic rings. The molecule has 0 bridgehead atoms. The number of rotatable bonds is 5. The number of nitriles is 1. The van der Waals surface area contributed by atoms with Gasteiger partial charge in [-0.3, -0.25) is 23.9 Å². The molecule has 29 heavy (non-hydrogen) atoms. The lowest BCUT2D eigenvalue weighted by atomic mass is 10.0. The van der Waals surface area contributed by atoms with Crippen LogP contribution in [0.5, 0.6) is 0 Å². The largest absolute Gasteiger partial charge is 0.459 e. The number of nitrogens with zero attached hydrogens (tertiary/aromatic N) is 4. The molecule has 0 amide bonds. The zero-order valence-corrected chi connectivity index (χ0v) is 14.4. The van der Waals surface area contributed by atoms with E-state index in [0.717, 1.165) is 12.1 Å². The Morgan fingerprint density at radius 3 is 2.38 bits per heavy atom. The van der Waals surface area contributed by atoms with Gasteiger partial charge in [-0.2, -0.15) is 27.2 Å². The van der Waals surface area contributed by atoms with Crippen LogP contribution in [0.15, 0.2) is 23.3 Å². The lowest BCUT2D eigenvalue weighted by Gasteiger charge is -2.21. The summed E-state index contributed by atoms with van der Waals surface area (Å²) in [4.78, 5) is 25.8. The summed E-state index contributed by atoms with van der Waals surface area (Å²) in [5.74, 6) is -5.44. The van der Waals surface area contributed by atoms with Gasteiger partial charge in [0.1, 0.15) is 23.8 Å². The zero-order valence-electron chi connectivity index (χ0n) is 14.4. The molecular formula is C16H10F6N4O3. The summed E-state index contributed by atoms with van der Waals surface area (Å²) >= 11 is 0. The maximum atomic E-state index is 13.6. The van der Waals surface area contributed by atoms with E-state index in [1.165, 1.54) is 0 Å². The van der Waals surface area contributed by atoms with E-state index in [4.69, 9.17) is 0 Å². The number of alkyl halides is 6. The molecule has 0 atom stereocenters. The first-order chi connectivity index (χ1) is 13.4. The van der Waals surface area contributed by atoms with Crippen molar-refractivity contribution in [3.63, 3.8) is 0 Å². The van der Waals surface area contributed by atoms with E-state index in [1.807, 2.05) is 0 Å². The van der Waals surface area contributed by atoms with Crippen LogP contribution >= 0.6 is 0 Å². The highest BCUT2D eigenvalue weighted by molar-refractivity contribution is 5.64. The molecule has 13 heteroatoms. The minimum absolute atomic E-state index is 0.0532. The number of hydrogen-bond acceptors (Lipinski definition) is 5. The molecule has 1 aromatic carbocycles. The summed E-state index contributed by atoms with van der Waals surface area (Å²) in [5, 5.41) is 20.6. The van der Waals surface area contributed by atoms with E-state index >= 15 is 0 Å². The predicted octanol–water partition coefficient (Wildman–Crippen LogP) is 3.49. The van der Waals surface area contributed by atoms with Crippen LogP contribution in [0.4, 0.5) is 32.0 Å². The predicted molar refractivity (Wildman–Crippen MR) is 85.6 cm³/mol. The Labute approximate surface area is 158 Å². The van der Waals surface area contributed by atoms with Crippen LogP contribution in [0.2, 0.25) is 0 Å². The van der Waals surface area contributed by atoms with Gasteiger partial charge in [0, 0.05) is 18.1 Å². The van der Waals surface area contributed by atoms with Gasteiger partial charge >= 0.3 is 12.1 Å². The van der Waals surface area contributed by atoms with Gasteiger partial charge in [0.05, 0.1) is 17.2 Å². The lowest BCUT2D eigenvalue weighted by molar-refractivity contribution is -0.384. The van der Waals surface area contributed by atoms with Crippen molar-refractivity contribution in [3.05, 3.63) is 61.3 Å². The number of halogens is 6. The van der Waals surface area contributed by atoms with E-state index in [-0.39, 0.29) is 18.3 Å². The lowest BCUT2D eigenvalue weighted by Crippen LogP contribution is -2.38. The Bertz CT molecular complexity index is 1070. The van der Waals surface area contributed by atoms with Crippen LogP contribution in [-0.2, 0) is 12.3 Å². The molecule has 0 saturated carbocycles. The summed E-state index contributed by atoms with van der Waals surface area (Å²) in [7, 11) is 0. The normalized spacial score (nSPS) is 11.9. The monoisotopic (exact) mass is 420 g/mol. The van der Waals surface area contributed by atoms with Gasteiger partial charge < -0.3 is 0 Å². The SMILES string of the molecule is Cc1c(C(F)(F)C(F)(F)F)ncn(-c2c(C#N)cc(CCF)cc2[N+](=O)[O-])c1=O. The van der Waals surface area contributed by atoms with E-state index in [0.29, 0.717) is 11.5 Å². The average molecular weight is 420 g/mol. The standard InChI is InChI=1S/C16H10F6N4O3/c1-8-13(15(18,19)16(20,21)22)24-7-25(14(8)27)12-10(6-23)4-9(2-3-17)5-11(12)26(28)29/h4-5,7H,2-3H2,1H3. The molecule has 0 N–H and O–H groups in total. The molecule has 0 saturated heterocycles. The fourth-order valence-corrected chi connectivity index (χ4v) is 2.57. The van der Waals surface area contributed by atoms with Crippen molar-refractivity contribution in [2.45, 2.75) is 25.4 Å². The smallest absolute Gasteiger partial charge is 0.269 e. The van der Waals surface area contributed by atoms with Gasteiger partial charge in [0.15, 0.2) is 0 Å². The third-order valence-electron chi connectivity index (χ3n) is 3.94. The molecule has 0 aliphatic heterocycles. The first-order valence-electron chi connectivity index (χ1n) is 7.67. The molecule has 0 unspecified atom stereocenters. The Balaban J connectivity index is 2.84. The second kappa shape index (κ2) is 7.53. The minimum atomic E-state index is -6.03. The summed E-state index contributed by atoms with van der Waals surface area (Å²) in [5.41, 5.74) is -6.38. The van der Waals surface area contributed by atoms with Crippen LogP contribution in [-0.4, -0.2) is 27.3 Å². The van der Waals surface area contributed by atoms with Gasteiger partial charge in [0.2, 0.25) is 0 Å². The molecule has 7 nitrogen and oxygen atoms in total. The Morgan fingerprint density at radius 2 is 1.90 bits per heavy atom. The highest BCUT2D eigenvalue weighted by Crippen LogP contribution is 2.43. The maximum Gasteiger partial charge on any atom is 0.459 e. The third-order valence-corrected chi connectivity index (χ3v) is 3.94. The Kier molecular flexibility index (Phi) is 5.68. The highest BCUT2D eigenvalue weighted by atomic mass is 19.4. The molecule has 0 spiro atoms. The van der Waals surface area contributed by atoms with Crippen LogP contribution < -0.4 is 5.56 Å². The van der Waals surface area contributed by atoms with Crippen LogP contribution in [0.25, 0.3) is 5.69 Å². The fourth-order valence-electron chi connectivity index (χ4n) is 2.57. The quantitative estimate of drug-likeness (QED) is 0.419. The molecule has 1 heterocycles. The van der Waals surface area contributed by atoms with Crippen LogP contribution in [0.3, 0.4) is 0 Å². The number of benzene rings is 1. The van der Waals surface area contributed by atoms with Crippen LogP contribution in [0.1, 0.15) is 22.4 Å². The van der Waals surface area contributed by atoms with Crippen molar-refractivity contribution in [2.75, 3.05) is 6.67 Å². The average Bonchev–Trinajstić information content (AvgIpc) is 2.62. The van der Waals surface area contributed by atoms with Gasteiger partial charge in [-0.15, -0.1) is 0 Å². The molecule has 0 fully saturated rings. The molecule has 154 valence electrons. The number of hydrogen-bond donors (Lipinski definition) is 0. The fraction of sp³-hybridized carbons (Fsp3) is 0.312. The van der Waals surface area contributed by atoms with Crippen molar-refractivity contribution in [3.8, 4) is 11.8 Å². The number of aryl methyl sites for hydroxylation is 1. The molecular weight excluding hydrogens is 410 g/mol. The second-order valence-corrected chi connectivity index (χ2v) is 5.78. The Hall–Kier alpha value is -3.43. The van der Waals surface area contributed by atoms with E-state index in [9.17, 15) is 46.5 Å². The summed E-state index contributed by atoms with van der Waals surface area (Å²) in [6.07, 6.45) is -6.05. The molecule has 1 aromatic heterocycles. The third kappa shape index (κ3) is 3.78. The number of nitro groups is 1. The summed E-state index contributed by atoms with van der Waals surface area (Å²) < 4.78 is 77.9. The van der Waals surface area contributed by atoms with Crippen molar-refractivity contribution < 1.29 is 31.3 Å². The first kappa shape index (κ1) is 21.9. The van der Waals surface area contributed by atoms with Gasteiger partial charge in [-0.05, 0) is 18.6 Å². The van der Waals surface area contributed by atoms with Crippen molar-refractivity contribution >= 4 is 5.69 Å². The molecule has 2 aromatic rings. The van der Waals surface area contributed by atoms with Gasteiger partial charge in [0.25, 0.3) is 11.2 Å². The zero-order chi connectivity index (χ0) is 22.1. The van der Waals surface area contributed by atoms with Crippen molar-refractivity contribution in [1.29, 1.82) is 5.26 Å². The molecule has 0 radical (unpaired) electrons. The molecule has 2 rings (SSSR count).